The lowest BCUT2D eigenvalue weighted by Gasteiger charge is -2.32. The number of rotatable bonds is 6. The third kappa shape index (κ3) is 5.35. The van der Waals surface area contributed by atoms with Gasteiger partial charge in [0.25, 0.3) is 5.91 Å². The number of carbonyl (C=O) groups excluding carboxylic acids is 1. The highest BCUT2D eigenvalue weighted by atomic mass is 32.1. The van der Waals surface area contributed by atoms with E-state index in [9.17, 15) is 13.6 Å². The number of piperidine rings is 1. The molecule has 2 aromatic rings. The summed E-state index contributed by atoms with van der Waals surface area (Å²) < 4.78 is 26.4. The van der Waals surface area contributed by atoms with Gasteiger partial charge >= 0.3 is 0 Å². The molecule has 0 aliphatic carbocycles. The second-order valence-corrected chi connectivity index (χ2v) is 8.98. The molecular weight excluding hydrogens is 380 g/mol. The Kier molecular flexibility index (Phi) is 6.78. The predicted octanol–water partition coefficient (Wildman–Crippen LogP) is 4.32. The van der Waals surface area contributed by atoms with Gasteiger partial charge in [-0.1, -0.05) is 19.9 Å². The van der Waals surface area contributed by atoms with Crippen LogP contribution in [0.3, 0.4) is 0 Å². The molecule has 1 aliphatic heterocycles. The Morgan fingerprint density at radius 3 is 2.64 bits per heavy atom. The Morgan fingerprint density at radius 1 is 1.29 bits per heavy atom. The minimum absolute atomic E-state index is 0.0379. The van der Waals surface area contributed by atoms with Crippen LogP contribution in [0.15, 0.2) is 18.2 Å². The third-order valence-electron chi connectivity index (χ3n) is 4.94. The van der Waals surface area contributed by atoms with E-state index in [0.29, 0.717) is 17.3 Å². The zero-order valence-electron chi connectivity index (χ0n) is 16.6. The first-order valence-electron chi connectivity index (χ1n) is 9.75. The predicted molar refractivity (Wildman–Crippen MR) is 108 cm³/mol. The van der Waals surface area contributed by atoms with Crippen molar-refractivity contribution in [3.63, 3.8) is 0 Å². The Hall–Kier alpha value is -1.86. The highest BCUT2D eigenvalue weighted by molar-refractivity contribution is 7.13. The van der Waals surface area contributed by atoms with Gasteiger partial charge in [-0.3, -0.25) is 9.69 Å². The van der Waals surface area contributed by atoms with Crippen LogP contribution in [-0.2, 0) is 13.0 Å². The lowest BCUT2D eigenvalue weighted by Crippen LogP contribution is -2.44. The van der Waals surface area contributed by atoms with Crippen molar-refractivity contribution in [1.29, 1.82) is 0 Å². The second kappa shape index (κ2) is 9.09. The quantitative estimate of drug-likeness (QED) is 0.776. The molecule has 152 valence electrons. The molecule has 28 heavy (non-hydrogen) atoms. The van der Waals surface area contributed by atoms with Crippen LogP contribution in [0.2, 0.25) is 0 Å². The first-order valence-corrected chi connectivity index (χ1v) is 10.6. The lowest BCUT2D eigenvalue weighted by atomic mass is 10.0. The van der Waals surface area contributed by atoms with Crippen molar-refractivity contribution < 1.29 is 13.6 Å². The number of carbonyl (C=O) groups is 1. The number of aryl methyl sites for hydroxylation is 1. The summed E-state index contributed by atoms with van der Waals surface area (Å²) in [5.41, 5.74) is 1.56. The summed E-state index contributed by atoms with van der Waals surface area (Å²) in [5, 5.41) is 4.15. The second-order valence-electron chi connectivity index (χ2n) is 7.89. The van der Waals surface area contributed by atoms with Gasteiger partial charge in [0.15, 0.2) is 11.6 Å². The Labute approximate surface area is 169 Å². The molecule has 1 amide bonds. The van der Waals surface area contributed by atoms with E-state index in [4.69, 9.17) is 0 Å². The summed E-state index contributed by atoms with van der Waals surface area (Å²) >= 11 is 1.49. The van der Waals surface area contributed by atoms with Gasteiger partial charge in [-0.2, -0.15) is 0 Å². The van der Waals surface area contributed by atoms with E-state index in [1.165, 1.54) is 23.5 Å². The van der Waals surface area contributed by atoms with Gasteiger partial charge < -0.3 is 5.32 Å². The molecule has 2 heterocycles. The number of halogens is 2. The third-order valence-corrected chi connectivity index (χ3v) is 6.12. The maximum atomic E-state index is 13.4. The normalized spacial score (nSPS) is 15.9. The molecule has 0 bridgehead atoms. The van der Waals surface area contributed by atoms with Crippen molar-refractivity contribution in [1.82, 2.24) is 15.2 Å². The van der Waals surface area contributed by atoms with Crippen LogP contribution in [0, 0.1) is 24.5 Å². The minimum Gasteiger partial charge on any atom is -0.348 e. The van der Waals surface area contributed by atoms with Crippen LogP contribution in [0.1, 0.15) is 52.6 Å². The Bertz CT molecular complexity index is 829. The SMILES string of the molecule is Cc1nc(CC(C)C)sc1C(=O)NC1CCN(Cc2ccc(F)c(F)c2)CC1. The molecule has 3 rings (SSSR count). The monoisotopic (exact) mass is 407 g/mol. The molecule has 0 atom stereocenters. The number of nitrogens with one attached hydrogen (secondary N) is 1. The largest absolute Gasteiger partial charge is 0.348 e. The fourth-order valence-corrected chi connectivity index (χ4v) is 4.66. The molecule has 1 aliphatic rings. The fourth-order valence-electron chi connectivity index (χ4n) is 3.48. The summed E-state index contributed by atoms with van der Waals surface area (Å²) in [7, 11) is 0. The van der Waals surface area contributed by atoms with Gasteiger partial charge in [-0.05, 0) is 43.4 Å². The van der Waals surface area contributed by atoms with E-state index >= 15 is 0 Å². The van der Waals surface area contributed by atoms with Crippen molar-refractivity contribution in [3.05, 3.63) is 51.0 Å². The molecule has 1 fully saturated rings. The number of amides is 1. The number of hydrogen-bond acceptors (Lipinski definition) is 4. The molecule has 7 heteroatoms. The van der Waals surface area contributed by atoms with Crippen LogP contribution < -0.4 is 5.32 Å². The van der Waals surface area contributed by atoms with E-state index in [-0.39, 0.29) is 11.9 Å². The summed E-state index contributed by atoms with van der Waals surface area (Å²) in [6.07, 6.45) is 2.57. The highest BCUT2D eigenvalue weighted by Gasteiger charge is 2.23. The van der Waals surface area contributed by atoms with E-state index in [1.54, 1.807) is 6.07 Å². The summed E-state index contributed by atoms with van der Waals surface area (Å²) in [6, 6.07) is 4.17. The van der Waals surface area contributed by atoms with E-state index in [2.05, 4.69) is 29.0 Å². The van der Waals surface area contributed by atoms with Gasteiger partial charge in [0, 0.05) is 32.1 Å². The average molecular weight is 408 g/mol. The lowest BCUT2D eigenvalue weighted by molar-refractivity contribution is 0.0912. The Balaban J connectivity index is 1.50. The molecule has 1 saturated heterocycles. The van der Waals surface area contributed by atoms with Crippen LogP contribution >= 0.6 is 11.3 Å². The number of aromatic nitrogens is 1. The van der Waals surface area contributed by atoms with Gasteiger partial charge in [-0.15, -0.1) is 11.3 Å². The van der Waals surface area contributed by atoms with Crippen molar-refractivity contribution >= 4 is 17.2 Å². The highest BCUT2D eigenvalue weighted by Crippen LogP contribution is 2.22. The van der Waals surface area contributed by atoms with E-state index in [0.717, 1.165) is 48.6 Å². The molecule has 1 aromatic carbocycles. The summed E-state index contributed by atoms with van der Waals surface area (Å²) in [5.74, 6) is -1.15. The number of benzene rings is 1. The zero-order valence-corrected chi connectivity index (χ0v) is 17.4. The van der Waals surface area contributed by atoms with Crippen LogP contribution in [-0.4, -0.2) is 34.9 Å². The average Bonchev–Trinajstić information content (AvgIpc) is 2.99. The van der Waals surface area contributed by atoms with Gasteiger partial charge in [0.05, 0.1) is 10.7 Å². The topological polar surface area (TPSA) is 45.2 Å². The molecule has 1 N–H and O–H groups in total. The number of hydrogen-bond donors (Lipinski definition) is 1. The molecule has 0 saturated carbocycles. The summed E-state index contributed by atoms with van der Waals surface area (Å²) in [4.78, 5) is 20.1. The van der Waals surface area contributed by atoms with Crippen molar-refractivity contribution in [3.8, 4) is 0 Å². The smallest absolute Gasteiger partial charge is 0.263 e. The molecule has 1 aromatic heterocycles. The van der Waals surface area contributed by atoms with Crippen molar-refractivity contribution in [2.24, 2.45) is 5.92 Å². The van der Waals surface area contributed by atoms with E-state index < -0.39 is 11.6 Å². The van der Waals surface area contributed by atoms with Crippen LogP contribution in [0.5, 0.6) is 0 Å². The Morgan fingerprint density at radius 2 is 2.00 bits per heavy atom. The summed E-state index contributed by atoms with van der Waals surface area (Å²) in [6.45, 7) is 8.38. The fraction of sp³-hybridized carbons (Fsp3) is 0.524. The number of nitrogens with zero attached hydrogens (tertiary/aromatic N) is 2. The van der Waals surface area contributed by atoms with Crippen molar-refractivity contribution in [2.75, 3.05) is 13.1 Å². The van der Waals surface area contributed by atoms with Crippen LogP contribution in [0.25, 0.3) is 0 Å². The maximum Gasteiger partial charge on any atom is 0.263 e. The first-order chi connectivity index (χ1) is 13.3. The maximum absolute atomic E-state index is 13.4. The first kappa shape index (κ1) is 20.9. The molecule has 0 unspecified atom stereocenters. The van der Waals surface area contributed by atoms with Crippen molar-refractivity contribution in [2.45, 2.75) is 52.6 Å². The van der Waals surface area contributed by atoms with Crippen LogP contribution in [0.4, 0.5) is 8.78 Å². The molecular formula is C21H27F2N3OS. The minimum atomic E-state index is -0.819. The zero-order chi connectivity index (χ0) is 20.3. The standard InChI is InChI=1S/C21H27F2N3OS/c1-13(2)10-19-24-14(3)20(28-19)21(27)25-16-6-8-26(9-7-16)12-15-4-5-17(22)18(23)11-15/h4-5,11,13,16H,6-10,12H2,1-3H3,(H,25,27). The van der Waals surface area contributed by atoms with E-state index in [1.807, 2.05) is 6.92 Å². The molecule has 0 spiro atoms. The van der Waals surface area contributed by atoms with Gasteiger partial charge in [0.1, 0.15) is 4.88 Å². The molecule has 0 radical (unpaired) electrons. The van der Waals surface area contributed by atoms with Gasteiger partial charge in [-0.25, -0.2) is 13.8 Å². The number of thiazole rings is 1. The number of likely N-dealkylation sites (tertiary alicyclic amines) is 1. The molecule has 4 nitrogen and oxygen atoms in total. The van der Waals surface area contributed by atoms with Gasteiger partial charge in [0.2, 0.25) is 0 Å².